The molecule has 0 saturated heterocycles. The second-order valence-electron chi connectivity index (χ2n) is 6.32. The fourth-order valence-corrected chi connectivity index (χ4v) is 3.34. The zero-order chi connectivity index (χ0) is 17.1. The number of fused-ring (bicyclic) bond motifs is 1. The van der Waals surface area contributed by atoms with Gasteiger partial charge in [-0.15, -0.1) is 0 Å². The summed E-state index contributed by atoms with van der Waals surface area (Å²) in [7, 11) is 0. The van der Waals surface area contributed by atoms with Crippen LogP contribution >= 0.6 is 0 Å². The first-order valence-electron chi connectivity index (χ1n) is 8.79. The van der Waals surface area contributed by atoms with Crippen LogP contribution in [0.5, 0.6) is 0 Å². The van der Waals surface area contributed by atoms with Gasteiger partial charge in [-0.3, -0.25) is 0 Å². The van der Waals surface area contributed by atoms with Crippen molar-refractivity contribution in [2.45, 2.75) is 19.8 Å². The molecule has 4 nitrogen and oxygen atoms in total. The van der Waals surface area contributed by atoms with Gasteiger partial charge < -0.3 is 10.2 Å². The highest BCUT2D eigenvalue weighted by Gasteiger charge is 2.26. The van der Waals surface area contributed by atoms with Gasteiger partial charge in [-0.25, -0.2) is 9.97 Å². The van der Waals surface area contributed by atoms with E-state index in [1.54, 1.807) is 0 Å². The first kappa shape index (κ1) is 15.6. The summed E-state index contributed by atoms with van der Waals surface area (Å²) in [5, 5.41) is 3.53. The summed E-state index contributed by atoms with van der Waals surface area (Å²) in [6.07, 6.45) is 1.96. The molecule has 1 N–H and O–H groups in total. The van der Waals surface area contributed by atoms with Gasteiger partial charge in [0.25, 0.3) is 0 Å². The van der Waals surface area contributed by atoms with E-state index in [0.29, 0.717) is 0 Å². The summed E-state index contributed by atoms with van der Waals surface area (Å²) >= 11 is 0. The second-order valence-corrected chi connectivity index (χ2v) is 6.32. The number of rotatable bonds is 5. The van der Waals surface area contributed by atoms with Crippen LogP contribution in [0.3, 0.4) is 0 Å². The SMILES string of the molecule is Cc1nc(NCCc2ccccc2)c2c(n1)N(c1ccccc1)CC2. The van der Waals surface area contributed by atoms with Gasteiger partial charge in [0.05, 0.1) is 0 Å². The van der Waals surface area contributed by atoms with Crippen molar-refractivity contribution in [1.82, 2.24) is 9.97 Å². The van der Waals surface area contributed by atoms with Gasteiger partial charge in [-0.2, -0.15) is 0 Å². The number of aryl methyl sites for hydroxylation is 1. The van der Waals surface area contributed by atoms with Gasteiger partial charge in [0.1, 0.15) is 17.5 Å². The molecular weight excluding hydrogens is 308 g/mol. The third-order valence-corrected chi connectivity index (χ3v) is 4.55. The van der Waals surface area contributed by atoms with E-state index in [4.69, 9.17) is 4.98 Å². The average molecular weight is 330 g/mol. The highest BCUT2D eigenvalue weighted by Crippen LogP contribution is 2.35. The Bertz CT molecular complexity index is 847. The van der Waals surface area contributed by atoms with Crippen molar-refractivity contribution in [3.63, 3.8) is 0 Å². The number of nitrogens with one attached hydrogen (secondary N) is 1. The molecule has 0 spiro atoms. The van der Waals surface area contributed by atoms with Crippen LogP contribution < -0.4 is 10.2 Å². The zero-order valence-electron chi connectivity index (χ0n) is 14.4. The predicted molar refractivity (Wildman–Crippen MR) is 103 cm³/mol. The van der Waals surface area contributed by atoms with Gasteiger partial charge >= 0.3 is 0 Å². The summed E-state index contributed by atoms with van der Waals surface area (Å²) in [4.78, 5) is 11.7. The fourth-order valence-electron chi connectivity index (χ4n) is 3.34. The Labute approximate surface area is 148 Å². The first-order valence-corrected chi connectivity index (χ1v) is 8.79. The normalized spacial score (nSPS) is 12.9. The van der Waals surface area contributed by atoms with Crippen molar-refractivity contribution in [2.24, 2.45) is 0 Å². The lowest BCUT2D eigenvalue weighted by atomic mass is 10.1. The Hall–Kier alpha value is -2.88. The van der Waals surface area contributed by atoms with Crippen LogP contribution in [0.15, 0.2) is 60.7 Å². The molecule has 1 aliphatic rings. The average Bonchev–Trinajstić information content (AvgIpc) is 3.07. The first-order chi connectivity index (χ1) is 12.3. The molecular formula is C21H22N4. The van der Waals surface area contributed by atoms with E-state index in [9.17, 15) is 0 Å². The molecule has 2 aromatic carbocycles. The van der Waals surface area contributed by atoms with Crippen LogP contribution in [0, 0.1) is 6.92 Å². The van der Waals surface area contributed by atoms with E-state index in [1.807, 2.05) is 13.0 Å². The lowest BCUT2D eigenvalue weighted by Crippen LogP contribution is -2.15. The van der Waals surface area contributed by atoms with Crippen LogP contribution in [0.25, 0.3) is 0 Å². The summed E-state index contributed by atoms with van der Waals surface area (Å²) in [6, 6.07) is 21.0. The number of anilines is 3. The van der Waals surface area contributed by atoms with Crippen molar-refractivity contribution in [3.05, 3.63) is 77.6 Å². The molecule has 3 aromatic rings. The monoisotopic (exact) mass is 330 g/mol. The third-order valence-electron chi connectivity index (χ3n) is 4.55. The molecule has 4 heteroatoms. The van der Waals surface area contributed by atoms with E-state index < -0.39 is 0 Å². The highest BCUT2D eigenvalue weighted by molar-refractivity contribution is 5.71. The fraction of sp³-hybridized carbons (Fsp3) is 0.238. The van der Waals surface area contributed by atoms with Crippen molar-refractivity contribution in [3.8, 4) is 0 Å². The van der Waals surface area contributed by atoms with Crippen molar-refractivity contribution in [1.29, 1.82) is 0 Å². The van der Waals surface area contributed by atoms with Crippen LogP contribution in [-0.2, 0) is 12.8 Å². The standard InChI is InChI=1S/C21H22N4/c1-16-23-20(22-14-12-17-8-4-2-5-9-17)19-13-15-25(21(19)24-16)18-10-6-3-7-11-18/h2-11H,12-15H2,1H3,(H,22,23,24). The second kappa shape index (κ2) is 6.93. The van der Waals surface area contributed by atoms with E-state index in [1.165, 1.54) is 16.8 Å². The summed E-state index contributed by atoms with van der Waals surface area (Å²) in [5.74, 6) is 2.83. The molecule has 0 atom stereocenters. The minimum absolute atomic E-state index is 0.809. The number of hydrogen-bond acceptors (Lipinski definition) is 4. The van der Waals surface area contributed by atoms with Crippen molar-refractivity contribution >= 4 is 17.3 Å². The molecule has 126 valence electrons. The molecule has 0 fully saturated rings. The number of nitrogens with zero attached hydrogens (tertiary/aromatic N) is 3. The molecule has 2 heterocycles. The number of aromatic nitrogens is 2. The molecule has 0 unspecified atom stereocenters. The largest absolute Gasteiger partial charge is 0.369 e. The lowest BCUT2D eigenvalue weighted by Gasteiger charge is -2.19. The van der Waals surface area contributed by atoms with E-state index in [-0.39, 0.29) is 0 Å². The number of hydrogen-bond donors (Lipinski definition) is 1. The minimum atomic E-state index is 0.809. The minimum Gasteiger partial charge on any atom is -0.369 e. The highest BCUT2D eigenvalue weighted by atomic mass is 15.2. The number of para-hydroxylation sites is 1. The molecule has 0 saturated carbocycles. The molecule has 0 amide bonds. The third kappa shape index (κ3) is 3.33. The molecule has 0 bridgehead atoms. The van der Waals surface area contributed by atoms with Gasteiger partial charge in [-0.05, 0) is 37.5 Å². The Morgan fingerprint density at radius 2 is 1.68 bits per heavy atom. The lowest BCUT2D eigenvalue weighted by molar-refractivity contribution is 0.970. The molecule has 4 rings (SSSR count). The smallest absolute Gasteiger partial charge is 0.142 e. The Balaban J connectivity index is 1.54. The molecule has 1 aliphatic heterocycles. The van der Waals surface area contributed by atoms with Gasteiger partial charge in [0.2, 0.25) is 0 Å². The Morgan fingerprint density at radius 1 is 0.960 bits per heavy atom. The molecule has 0 radical (unpaired) electrons. The van der Waals surface area contributed by atoms with Gasteiger partial charge in [-0.1, -0.05) is 48.5 Å². The zero-order valence-corrected chi connectivity index (χ0v) is 14.4. The molecule has 25 heavy (non-hydrogen) atoms. The summed E-state index contributed by atoms with van der Waals surface area (Å²) < 4.78 is 0. The quantitative estimate of drug-likeness (QED) is 0.763. The van der Waals surface area contributed by atoms with Crippen LogP contribution in [0.2, 0.25) is 0 Å². The van der Waals surface area contributed by atoms with Crippen LogP contribution in [0.1, 0.15) is 17.0 Å². The van der Waals surface area contributed by atoms with Crippen LogP contribution in [0.4, 0.5) is 17.3 Å². The van der Waals surface area contributed by atoms with Gasteiger partial charge in [0.15, 0.2) is 0 Å². The summed E-state index contributed by atoms with van der Waals surface area (Å²) in [6.45, 7) is 3.78. The topological polar surface area (TPSA) is 41.1 Å². The van der Waals surface area contributed by atoms with E-state index in [0.717, 1.165) is 43.4 Å². The number of benzene rings is 2. The van der Waals surface area contributed by atoms with Gasteiger partial charge in [0, 0.05) is 24.3 Å². The predicted octanol–water partition coefficient (Wildman–Crippen LogP) is 4.13. The summed E-state index contributed by atoms with van der Waals surface area (Å²) in [5.41, 5.74) is 3.75. The van der Waals surface area contributed by atoms with E-state index >= 15 is 0 Å². The van der Waals surface area contributed by atoms with Crippen molar-refractivity contribution in [2.75, 3.05) is 23.3 Å². The van der Waals surface area contributed by atoms with Crippen molar-refractivity contribution < 1.29 is 0 Å². The van der Waals surface area contributed by atoms with Crippen LogP contribution in [-0.4, -0.2) is 23.1 Å². The van der Waals surface area contributed by atoms with E-state index in [2.05, 4.69) is 69.8 Å². The maximum Gasteiger partial charge on any atom is 0.142 e. The Morgan fingerprint density at radius 3 is 2.44 bits per heavy atom. The maximum atomic E-state index is 4.71. The maximum absolute atomic E-state index is 4.71. The molecule has 0 aliphatic carbocycles. The molecule has 1 aromatic heterocycles. The Kier molecular flexibility index (Phi) is 4.34.